The highest BCUT2D eigenvalue weighted by atomic mass is 32.1. The van der Waals surface area contributed by atoms with E-state index in [0.717, 1.165) is 121 Å². The van der Waals surface area contributed by atoms with E-state index in [4.69, 9.17) is 9.97 Å². The summed E-state index contributed by atoms with van der Waals surface area (Å²) in [6.45, 7) is 8.86. The first-order valence-corrected chi connectivity index (χ1v) is 31.4. The third-order valence-electron chi connectivity index (χ3n) is 18.4. The zero-order chi connectivity index (χ0) is 59.2. The Morgan fingerprint density at radius 3 is 0.978 bits per heavy atom. The number of aryl methyl sites for hydroxylation is 4. The summed E-state index contributed by atoms with van der Waals surface area (Å²) in [7, 11) is 0. The topological polar surface area (TPSA) is 45.5 Å². The Kier molecular flexibility index (Phi) is 11.3. The van der Waals surface area contributed by atoms with Crippen molar-refractivity contribution < 1.29 is 0 Å². The number of para-hydroxylation sites is 5. The van der Waals surface area contributed by atoms with Crippen LogP contribution in [0.2, 0.25) is 0 Å². The lowest BCUT2D eigenvalue weighted by molar-refractivity contribution is 1.02. The molecule has 0 bridgehead atoms. The normalized spacial score (nSPS) is 12.0. The van der Waals surface area contributed by atoms with E-state index >= 15 is 0 Å². The van der Waals surface area contributed by atoms with Crippen LogP contribution in [0, 0.1) is 27.7 Å². The van der Waals surface area contributed by atoms with Gasteiger partial charge in [-0.3, -0.25) is 0 Å². The first-order valence-electron chi connectivity index (χ1n) is 30.6. The van der Waals surface area contributed by atoms with Crippen LogP contribution in [0.1, 0.15) is 22.3 Å². The number of hydrogen-bond acceptors (Lipinski definition) is 3. The first kappa shape index (κ1) is 51.1. The standard InChI is InChI=1S/C82H56N6S/c1-49-35-39-71-60(43-49)56-25-11-16-30-67(56)85(71)78-76(55-47-65(53-21-7-5-8-22-53)83-66(48-55)54-23-9-6-10-24-54)77(82-84-64-29-15-20-34-75(64)89-82)79(86-68-31-17-12-26-57(68)61-44-50(2)36-40-72(61)86)81(88-70-33-19-14-28-59(70)63-46-52(4)38-42-74(63)88)80(78)87-69-32-18-13-27-58(69)62-45-51(3)37-41-73(62)87/h5-48H,1-4H3. The fraction of sp³-hybridized carbons (Fsp3) is 0.0488. The molecule has 6 heterocycles. The van der Waals surface area contributed by atoms with E-state index in [1.807, 2.05) is 0 Å². The lowest BCUT2D eigenvalue weighted by Crippen LogP contribution is -2.16. The van der Waals surface area contributed by atoms with Crippen LogP contribution in [0.25, 0.3) is 164 Å². The summed E-state index contributed by atoms with van der Waals surface area (Å²) in [5, 5.41) is 10.3. The number of benzene rings is 12. The number of hydrogen-bond donors (Lipinski definition) is 0. The molecule has 0 aliphatic carbocycles. The highest BCUT2D eigenvalue weighted by Gasteiger charge is 2.37. The number of pyridine rings is 1. The van der Waals surface area contributed by atoms with Crippen molar-refractivity contribution in [1.82, 2.24) is 28.2 Å². The van der Waals surface area contributed by atoms with Crippen LogP contribution in [0.4, 0.5) is 0 Å². The predicted octanol–water partition coefficient (Wildman–Crippen LogP) is 22.0. The molecule has 0 saturated heterocycles. The van der Waals surface area contributed by atoms with Gasteiger partial charge in [-0.05, 0) is 130 Å². The Balaban J connectivity index is 1.23. The van der Waals surface area contributed by atoms with Crippen LogP contribution < -0.4 is 0 Å². The lowest BCUT2D eigenvalue weighted by Gasteiger charge is -2.31. The molecule has 18 aromatic rings. The maximum Gasteiger partial charge on any atom is 0.127 e. The van der Waals surface area contributed by atoms with Crippen LogP contribution in [-0.2, 0) is 0 Å². The number of thiazole rings is 1. The van der Waals surface area contributed by atoms with E-state index < -0.39 is 0 Å². The van der Waals surface area contributed by atoms with Gasteiger partial charge in [-0.1, -0.05) is 192 Å². The monoisotopic (exact) mass is 1160 g/mol. The fourth-order valence-electron chi connectivity index (χ4n) is 14.5. The average Bonchev–Trinajstić information content (AvgIpc) is 1.62. The maximum atomic E-state index is 5.96. The second kappa shape index (κ2) is 19.7. The van der Waals surface area contributed by atoms with Crippen LogP contribution in [0.3, 0.4) is 0 Å². The number of aromatic nitrogens is 6. The minimum absolute atomic E-state index is 0.866. The lowest BCUT2D eigenvalue weighted by atomic mass is 9.90. The molecular formula is C82H56N6S. The zero-order valence-electron chi connectivity index (χ0n) is 49.5. The number of nitrogens with zero attached hydrogens (tertiary/aromatic N) is 6. The summed E-state index contributed by atoms with van der Waals surface area (Å²) < 4.78 is 11.6. The molecule has 6 aromatic heterocycles. The predicted molar refractivity (Wildman–Crippen MR) is 375 cm³/mol. The molecule has 0 aliphatic rings. The van der Waals surface area contributed by atoms with Crippen molar-refractivity contribution in [3.05, 3.63) is 289 Å². The number of fused-ring (bicyclic) bond motifs is 13. The summed E-state index contributed by atoms with van der Waals surface area (Å²) in [6, 6.07) is 99.1. The molecule has 7 heteroatoms. The summed E-state index contributed by atoms with van der Waals surface area (Å²) in [4.78, 5) is 11.6. The highest BCUT2D eigenvalue weighted by Crippen LogP contribution is 2.56. The molecule has 0 N–H and O–H groups in total. The van der Waals surface area contributed by atoms with Gasteiger partial charge in [0.25, 0.3) is 0 Å². The Hall–Kier alpha value is -11.1. The third kappa shape index (κ3) is 7.75. The van der Waals surface area contributed by atoms with Crippen LogP contribution in [-0.4, -0.2) is 28.2 Å². The molecule has 420 valence electrons. The van der Waals surface area contributed by atoms with Gasteiger partial charge in [-0.2, -0.15) is 0 Å². The van der Waals surface area contributed by atoms with Gasteiger partial charge in [0.15, 0.2) is 0 Å². The SMILES string of the molecule is Cc1ccc2c(c1)c1ccccc1n2-c1c(-c2cc(-c3ccccc3)nc(-c3ccccc3)c2)c(-c2nc3ccccc3s2)c(-n2c3ccccc3c3cc(C)ccc32)c(-n2c3ccccc3c3cc(C)ccc32)c1-n1c2ccccc2c2cc(C)ccc21. The molecule has 18 rings (SSSR count). The van der Waals surface area contributed by atoms with E-state index in [0.29, 0.717) is 0 Å². The third-order valence-corrected chi connectivity index (χ3v) is 19.4. The van der Waals surface area contributed by atoms with Gasteiger partial charge in [0, 0.05) is 65.3 Å². The molecule has 0 radical (unpaired) electrons. The van der Waals surface area contributed by atoms with Crippen molar-refractivity contribution in [3.8, 4) is 67.0 Å². The Morgan fingerprint density at radius 1 is 0.258 bits per heavy atom. The number of rotatable bonds is 8. The van der Waals surface area contributed by atoms with Gasteiger partial charge in [-0.25, -0.2) is 9.97 Å². The maximum absolute atomic E-state index is 5.96. The van der Waals surface area contributed by atoms with Crippen molar-refractivity contribution in [2.45, 2.75) is 27.7 Å². The molecule has 0 unspecified atom stereocenters. The van der Waals surface area contributed by atoms with E-state index in [-0.39, 0.29) is 0 Å². The zero-order valence-corrected chi connectivity index (χ0v) is 50.3. The van der Waals surface area contributed by atoms with Crippen molar-refractivity contribution in [2.24, 2.45) is 0 Å². The van der Waals surface area contributed by atoms with Crippen molar-refractivity contribution in [3.63, 3.8) is 0 Å². The largest absolute Gasteiger partial charge is 0.306 e. The van der Waals surface area contributed by atoms with Gasteiger partial charge < -0.3 is 18.3 Å². The minimum atomic E-state index is 0.866. The molecule has 0 fully saturated rings. The van der Waals surface area contributed by atoms with E-state index in [1.54, 1.807) is 11.3 Å². The first-order chi connectivity index (χ1) is 43.8. The Labute approximate surface area is 517 Å². The second-order valence-corrected chi connectivity index (χ2v) is 25.0. The molecule has 12 aromatic carbocycles. The van der Waals surface area contributed by atoms with Crippen LogP contribution in [0.5, 0.6) is 0 Å². The van der Waals surface area contributed by atoms with Gasteiger partial charge in [0.1, 0.15) is 5.01 Å². The molecule has 0 aliphatic heterocycles. The van der Waals surface area contributed by atoms with Crippen molar-refractivity contribution in [2.75, 3.05) is 0 Å². The van der Waals surface area contributed by atoms with Crippen molar-refractivity contribution >= 4 is 109 Å². The molecule has 0 amide bonds. The second-order valence-electron chi connectivity index (χ2n) is 24.0. The molecule has 0 saturated carbocycles. The molecular weight excluding hydrogens is 1100 g/mol. The summed E-state index contributed by atoms with van der Waals surface area (Å²) in [5.41, 5.74) is 25.3. The van der Waals surface area contributed by atoms with E-state index in [1.165, 1.54) is 65.3 Å². The van der Waals surface area contributed by atoms with Gasteiger partial charge >= 0.3 is 0 Å². The summed E-state index contributed by atoms with van der Waals surface area (Å²) in [5.74, 6) is 0. The Morgan fingerprint density at radius 2 is 0.584 bits per heavy atom. The average molecular weight is 1160 g/mol. The summed E-state index contributed by atoms with van der Waals surface area (Å²) in [6.07, 6.45) is 0. The molecule has 0 spiro atoms. The van der Waals surface area contributed by atoms with Crippen LogP contribution >= 0.6 is 11.3 Å². The minimum Gasteiger partial charge on any atom is -0.306 e. The summed E-state index contributed by atoms with van der Waals surface area (Å²) >= 11 is 1.76. The van der Waals surface area contributed by atoms with Gasteiger partial charge in [0.2, 0.25) is 0 Å². The Bertz CT molecular complexity index is 5880. The quantitative estimate of drug-likeness (QED) is 0.152. The van der Waals surface area contributed by atoms with Gasteiger partial charge in [0.05, 0.1) is 88.5 Å². The molecule has 6 nitrogen and oxygen atoms in total. The molecule has 89 heavy (non-hydrogen) atoms. The van der Waals surface area contributed by atoms with Crippen LogP contribution in [0.15, 0.2) is 267 Å². The smallest absolute Gasteiger partial charge is 0.127 e. The van der Waals surface area contributed by atoms with Crippen molar-refractivity contribution in [1.29, 1.82) is 0 Å². The van der Waals surface area contributed by atoms with Gasteiger partial charge in [-0.15, -0.1) is 11.3 Å². The highest BCUT2D eigenvalue weighted by molar-refractivity contribution is 7.21. The van der Waals surface area contributed by atoms with E-state index in [2.05, 4.69) is 313 Å². The fourth-order valence-corrected chi connectivity index (χ4v) is 15.5. The molecule has 0 atom stereocenters. The van der Waals surface area contributed by atoms with E-state index in [9.17, 15) is 0 Å².